The molecule has 0 fully saturated rings. The highest BCUT2D eigenvalue weighted by Gasteiger charge is 2.23. The third kappa shape index (κ3) is 4.78. The Kier molecular flexibility index (Phi) is 6.19. The molecule has 0 bridgehead atoms. The van der Waals surface area contributed by atoms with Gasteiger partial charge < -0.3 is 9.47 Å². The molecule has 2 rings (SSSR count). The summed E-state index contributed by atoms with van der Waals surface area (Å²) < 4.78 is 11.0. The number of ketones is 1. The van der Waals surface area contributed by atoms with E-state index in [0.717, 1.165) is 5.56 Å². The molecule has 0 aliphatic carbocycles. The monoisotopic (exact) mass is 396 g/mol. The Morgan fingerprint density at radius 1 is 1.12 bits per heavy atom. The number of hydrogen-bond donors (Lipinski definition) is 0. The van der Waals surface area contributed by atoms with E-state index >= 15 is 0 Å². The fourth-order valence-electron chi connectivity index (χ4n) is 2.30. The van der Waals surface area contributed by atoms with Crippen molar-refractivity contribution in [3.63, 3.8) is 0 Å². The minimum atomic E-state index is -1.42. The van der Waals surface area contributed by atoms with Gasteiger partial charge in [-0.1, -0.05) is 42.8 Å². The van der Waals surface area contributed by atoms with E-state index in [2.05, 4.69) is 19.6 Å². The third-order valence-electron chi connectivity index (χ3n) is 3.62. The first-order chi connectivity index (χ1) is 11.6. The Morgan fingerprint density at radius 3 is 2.36 bits per heavy atom. The smallest absolute Gasteiger partial charge is 0.196 e. The molecule has 0 heterocycles. The first-order valence-electron chi connectivity index (χ1n) is 7.94. The molecule has 0 radical (unpaired) electrons. The van der Waals surface area contributed by atoms with Crippen LogP contribution in [0.5, 0.6) is 11.5 Å². The molecule has 6 heteroatoms. The zero-order valence-corrected chi connectivity index (χ0v) is 17.6. The van der Waals surface area contributed by atoms with Gasteiger partial charge in [0.1, 0.15) is 11.5 Å². The van der Waals surface area contributed by atoms with E-state index in [9.17, 15) is 4.79 Å². The molecule has 0 saturated heterocycles. The lowest BCUT2D eigenvalue weighted by molar-refractivity contribution is 0.103. The number of carbonyl (C=O) groups excluding carboxylic acids is 1. The second kappa shape index (κ2) is 7.81. The van der Waals surface area contributed by atoms with Crippen LogP contribution in [0.4, 0.5) is 0 Å². The summed E-state index contributed by atoms with van der Waals surface area (Å²) in [4.78, 5) is 13.0. The van der Waals surface area contributed by atoms with Gasteiger partial charge in [-0.05, 0) is 42.8 Å². The van der Waals surface area contributed by atoms with Gasteiger partial charge in [-0.15, -0.1) is 0 Å². The van der Waals surface area contributed by atoms with Gasteiger partial charge in [0.2, 0.25) is 0 Å². The number of aryl methyl sites for hydroxylation is 1. The molecule has 0 spiro atoms. The maximum absolute atomic E-state index is 13.0. The van der Waals surface area contributed by atoms with Crippen LogP contribution in [-0.4, -0.2) is 27.2 Å². The zero-order chi connectivity index (χ0) is 18.8. The lowest BCUT2D eigenvalue weighted by Crippen LogP contribution is -2.30. The van der Waals surface area contributed by atoms with E-state index in [1.165, 1.54) is 0 Å². The van der Waals surface area contributed by atoms with Gasteiger partial charge >= 0.3 is 0 Å². The molecule has 2 aromatic rings. The standard InChI is InChI=1S/C19H22Cl2O3Si/c1-12-10-13(23-2)6-7-14(12)19(22)17-15(20)8-9-16(18(17)21)24-11-25(3,4)5/h6-10H,11H2,1-5H3. The van der Waals surface area contributed by atoms with Crippen LogP contribution in [0.15, 0.2) is 30.3 Å². The molecule has 0 atom stereocenters. The van der Waals surface area contributed by atoms with Crippen LogP contribution in [0.1, 0.15) is 21.5 Å². The number of hydrogen-bond acceptors (Lipinski definition) is 3. The van der Waals surface area contributed by atoms with E-state index in [-0.39, 0.29) is 16.4 Å². The van der Waals surface area contributed by atoms with Crippen LogP contribution >= 0.6 is 23.2 Å². The van der Waals surface area contributed by atoms with Crippen LogP contribution < -0.4 is 9.47 Å². The highest BCUT2D eigenvalue weighted by Crippen LogP contribution is 2.36. The SMILES string of the molecule is COc1ccc(C(=O)c2c(Cl)ccc(OC[Si](C)(C)C)c2Cl)c(C)c1. The highest BCUT2D eigenvalue weighted by atomic mass is 35.5. The Labute approximate surface area is 159 Å². The summed E-state index contributed by atoms with van der Waals surface area (Å²) in [6.45, 7) is 8.44. The predicted molar refractivity (Wildman–Crippen MR) is 106 cm³/mol. The summed E-state index contributed by atoms with van der Waals surface area (Å²) in [6.07, 6.45) is 0.615. The Hall–Kier alpha value is -1.49. The van der Waals surface area contributed by atoms with Crippen molar-refractivity contribution in [1.82, 2.24) is 0 Å². The quantitative estimate of drug-likeness (QED) is 0.457. The number of benzene rings is 2. The van der Waals surface area contributed by atoms with Crippen LogP contribution in [0.25, 0.3) is 0 Å². The van der Waals surface area contributed by atoms with Gasteiger partial charge in [0.05, 0.1) is 37.0 Å². The predicted octanol–water partition coefficient (Wildman–Crippen LogP) is 5.80. The second-order valence-corrected chi connectivity index (χ2v) is 13.3. The van der Waals surface area contributed by atoms with Gasteiger partial charge in [-0.2, -0.15) is 0 Å². The fraction of sp³-hybridized carbons (Fsp3) is 0.316. The molecule has 25 heavy (non-hydrogen) atoms. The molecule has 0 aromatic heterocycles. The molecule has 3 nitrogen and oxygen atoms in total. The van der Waals surface area contributed by atoms with E-state index in [1.807, 2.05) is 6.92 Å². The summed E-state index contributed by atoms with van der Waals surface area (Å²) >= 11 is 12.7. The van der Waals surface area contributed by atoms with Crippen molar-refractivity contribution in [2.24, 2.45) is 0 Å². The summed E-state index contributed by atoms with van der Waals surface area (Å²) in [5.74, 6) is 0.954. The van der Waals surface area contributed by atoms with Crippen molar-refractivity contribution in [2.75, 3.05) is 13.3 Å². The Balaban J connectivity index is 2.42. The summed E-state index contributed by atoms with van der Waals surface area (Å²) in [5.41, 5.74) is 1.60. The van der Waals surface area contributed by atoms with Crippen molar-refractivity contribution in [1.29, 1.82) is 0 Å². The van der Waals surface area contributed by atoms with Gasteiger partial charge in [0, 0.05) is 5.56 Å². The molecule has 0 aliphatic rings. The van der Waals surface area contributed by atoms with Crippen LogP contribution in [0.3, 0.4) is 0 Å². The molecule has 0 N–H and O–H groups in total. The van der Waals surface area contributed by atoms with Gasteiger partial charge in [-0.25, -0.2) is 0 Å². The molecule has 2 aromatic carbocycles. The van der Waals surface area contributed by atoms with Crippen molar-refractivity contribution in [3.05, 3.63) is 57.1 Å². The zero-order valence-electron chi connectivity index (χ0n) is 15.1. The number of ether oxygens (including phenoxy) is 2. The van der Waals surface area contributed by atoms with E-state index in [1.54, 1.807) is 37.4 Å². The largest absolute Gasteiger partial charge is 0.497 e. The lowest BCUT2D eigenvalue weighted by Gasteiger charge is -2.19. The number of halogens is 2. The van der Waals surface area contributed by atoms with Crippen molar-refractivity contribution in [2.45, 2.75) is 26.6 Å². The first kappa shape index (κ1) is 19.8. The first-order valence-corrected chi connectivity index (χ1v) is 12.4. The fourth-order valence-corrected chi connectivity index (χ4v) is 3.49. The van der Waals surface area contributed by atoms with Gasteiger partial charge in [-0.3, -0.25) is 4.79 Å². The lowest BCUT2D eigenvalue weighted by atomic mass is 9.98. The summed E-state index contributed by atoms with van der Waals surface area (Å²) in [5, 5.41) is 0.566. The molecule has 0 saturated carbocycles. The summed E-state index contributed by atoms with van der Waals surface area (Å²) in [7, 11) is 0.169. The van der Waals surface area contributed by atoms with Crippen LogP contribution in [-0.2, 0) is 0 Å². The van der Waals surface area contributed by atoms with Crippen molar-refractivity contribution < 1.29 is 14.3 Å². The maximum atomic E-state index is 13.0. The Bertz CT molecular complexity index is 798. The number of methoxy groups -OCH3 is 1. The van der Waals surface area contributed by atoms with Gasteiger partial charge in [0.25, 0.3) is 0 Å². The number of rotatable bonds is 6. The average molecular weight is 397 g/mol. The molecule has 0 unspecified atom stereocenters. The molecular formula is C19H22Cl2O3Si. The van der Waals surface area contributed by atoms with E-state index < -0.39 is 8.07 Å². The van der Waals surface area contributed by atoms with Crippen LogP contribution in [0, 0.1) is 6.92 Å². The molecule has 0 amide bonds. The summed E-state index contributed by atoms with van der Waals surface area (Å²) in [6, 6.07) is 8.63. The molecule has 0 aliphatic heterocycles. The minimum Gasteiger partial charge on any atom is -0.497 e. The van der Waals surface area contributed by atoms with E-state index in [4.69, 9.17) is 32.7 Å². The van der Waals surface area contributed by atoms with Crippen molar-refractivity contribution in [3.8, 4) is 11.5 Å². The van der Waals surface area contributed by atoms with Gasteiger partial charge in [0.15, 0.2) is 5.78 Å². The molecule has 134 valence electrons. The minimum absolute atomic E-state index is 0.228. The Morgan fingerprint density at radius 2 is 1.80 bits per heavy atom. The number of carbonyl (C=O) groups is 1. The second-order valence-electron chi connectivity index (χ2n) is 7.09. The van der Waals surface area contributed by atoms with Crippen LogP contribution in [0.2, 0.25) is 29.7 Å². The van der Waals surface area contributed by atoms with E-state index in [0.29, 0.717) is 28.3 Å². The maximum Gasteiger partial charge on any atom is 0.196 e. The third-order valence-corrected chi connectivity index (χ3v) is 5.32. The van der Waals surface area contributed by atoms with Crippen molar-refractivity contribution >= 4 is 37.1 Å². The highest BCUT2D eigenvalue weighted by molar-refractivity contribution is 6.76. The normalized spacial score (nSPS) is 11.3. The average Bonchev–Trinajstić information content (AvgIpc) is 2.52. The molecular weight excluding hydrogens is 375 g/mol. The topological polar surface area (TPSA) is 35.5 Å².